The lowest BCUT2D eigenvalue weighted by Crippen LogP contribution is -2.17. The largest absolute Gasteiger partial charge is 0.343 e. The van der Waals surface area contributed by atoms with Crippen LogP contribution in [0.4, 0.5) is 4.79 Å². The number of hydrogen-bond acceptors (Lipinski definition) is 3. The number of carbonyl (C=O) groups is 2. The van der Waals surface area contributed by atoms with Gasteiger partial charge in [0.25, 0.3) is 11.1 Å². The number of rotatable bonds is 4. The SMILES string of the molecule is C=C(C)[C@@H]1CC=C(Cn2ccc3c(C=C4SC(=O)NC4=O)cccc32)CC1. The summed E-state index contributed by atoms with van der Waals surface area (Å²) in [7, 11) is 0. The van der Waals surface area contributed by atoms with Gasteiger partial charge in [0.15, 0.2) is 0 Å². The summed E-state index contributed by atoms with van der Waals surface area (Å²) in [6.45, 7) is 7.10. The van der Waals surface area contributed by atoms with Crippen molar-refractivity contribution < 1.29 is 9.59 Å². The average molecular weight is 378 g/mol. The van der Waals surface area contributed by atoms with Crippen LogP contribution in [0.1, 0.15) is 31.7 Å². The highest BCUT2D eigenvalue weighted by molar-refractivity contribution is 8.18. The Morgan fingerprint density at radius 3 is 2.89 bits per heavy atom. The Bertz CT molecular complexity index is 1010. The van der Waals surface area contributed by atoms with E-state index in [1.807, 2.05) is 12.1 Å². The molecule has 0 bridgehead atoms. The monoisotopic (exact) mass is 378 g/mol. The number of thioether (sulfide) groups is 1. The molecule has 5 heteroatoms. The van der Waals surface area contributed by atoms with Crippen LogP contribution in [-0.4, -0.2) is 15.7 Å². The van der Waals surface area contributed by atoms with Crippen molar-refractivity contribution in [3.05, 3.63) is 64.7 Å². The molecule has 1 aromatic heterocycles. The Morgan fingerprint density at radius 1 is 1.37 bits per heavy atom. The van der Waals surface area contributed by atoms with Gasteiger partial charge in [-0.1, -0.05) is 35.9 Å². The predicted molar refractivity (Wildman–Crippen MR) is 111 cm³/mol. The summed E-state index contributed by atoms with van der Waals surface area (Å²) >= 11 is 0.953. The molecule has 2 heterocycles. The van der Waals surface area contributed by atoms with Crippen molar-refractivity contribution >= 4 is 39.9 Å². The van der Waals surface area contributed by atoms with Gasteiger partial charge in [-0.05, 0) is 67.6 Å². The Morgan fingerprint density at radius 2 is 2.22 bits per heavy atom. The summed E-state index contributed by atoms with van der Waals surface area (Å²) in [5.41, 5.74) is 4.84. The number of aromatic nitrogens is 1. The highest BCUT2D eigenvalue weighted by atomic mass is 32.2. The minimum absolute atomic E-state index is 0.312. The van der Waals surface area contributed by atoms with E-state index in [1.54, 1.807) is 6.08 Å². The van der Waals surface area contributed by atoms with Crippen LogP contribution < -0.4 is 5.32 Å². The van der Waals surface area contributed by atoms with E-state index in [-0.39, 0.29) is 11.1 Å². The lowest BCUT2D eigenvalue weighted by atomic mass is 9.85. The van der Waals surface area contributed by atoms with Gasteiger partial charge in [0.05, 0.1) is 4.91 Å². The van der Waals surface area contributed by atoms with Gasteiger partial charge >= 0.3 is 0 Å². The maximum atomic E-state index is 11.8. The molecule has 0 unspecified atom stereocenters. The first-order chi connectivity index (χ1) is 13.0. The number of amides is 2. The number of fused-ring (bicyclic) bond motifs is 1. The standard InChI is InChI=1S/C22H22N2O2S/c1-14(2)16-8-6-15(7-9-16)13-24-11-10-18-17(4-3-5-19(18)24)12-20-21(25)23-22(26)27-20/h3-6,10-12,16H,1,7-9,13H2,2H3,(H,23,25,26)/t16-/m1/s1. The van der Waals surface area contributed by atoms with Gasteiger partial charge in [0.2, 0.25) is 0 Å². The molecule has 4 nitrogen and oxygen atoms in total. The number of nitrogens with zero attached hydrogens (tertiary/aromatic N) is 1. The van der Waals surface area contributed by atoms with Crippen molar-refractivity contribution in [2.45, 2.75) is 32.7 Å². The van der Waals surface area contributed by atoms with Crippen LogP contribution in [0.5, 0.6) is 0 Å². The van der Waals surface area contributed by atoms with E-state index in [2.05, 4.69) is 47.8 Å². The molecule has 1 aromatic carbocycles. The minimum atomic E-state index is -0.319. The van der Waals surface area contributed by atoms with Gasteiger partial charge in [-0.25, -0.2) is 0 Å². The lowest BCUT2D eigenvalue weighted by molar-refractivity contribution is -0.115. The first kappa shape index (κ1) is 17.9. The number of hydrogen-bond donors (Lipinski definition) is 1. The molecule has 0 spiro atoms. The maximum Gasteiger partial charge on any atom is 0.290 e. The number of nitrogens with one attached hydrogen (secondary N) is 1. The summed E-state index contributed by atoms with van der Waals surface area (Å²) in [5.74, 6) is 0.298. The molecule has 1 atom stereocenters. The van der Waals surface area contributed by atoms with Crippen molar-refractivity contribution in [2.75, 3.05) is 0 Å². The normalized spacial score (nSPS) is 21.6. The van der Waals surface area contributed by atoms with Crippen LogP contribution in [0.2, 0.25) is 0 Å². The summed E-state index contributed by atoms with van der Waals surface area (Å²) < 4.78 is 2.26. The van der Waals surface area contributed by atoms with Gasteiger partial charge in [0, 0.05) is 23.6 Å². The molecule has 2 aliphatic rings. The first-order valence-electron chi connectivity index (χ1n) is 9.17. The topological polar surface area (TPSA) is 51.1 Å². The number of imide groups is 1. The quantitative estimate of drug-likeness (QED) is 0.583. The fourth-order valence-electron chi connectivity index (χ4n) is 3.77. The number of allylic oxidation sites excluding steroid dienone is 3. The van der Waals surface area contributed by atoms with E-state index in [4.69, 9.17) is 0 Å². The third kappa shape index (κ3) is 3.65. The van der Waals surface area contributed by atoms with E-state index in [0.29, 0.717) is 10.8 Å². The summed E-state index contributed by atoms with van der Waals surface area (Å²) in [4.78, 5) is 23.7. The highest BCUT2D eigenvalue weighted by Crippen LogP contribution is 2.31. The van der Waals surface area contributed by atoms with Gasteiger partial charge < -0.3 is 4.57 Å². The van der Waals surface area contributed by atoms with Gasteiger partial charge in [-0.3, -0.25) is 14.9 Å². The molecule has 1 saturated heterocycles. The molecule has 27 heavy (non-hydrogen) atoms. The van der Waals surface area contributed by atoms with E-state index in [0.717, 1.165) is 47.6 Å². The third-order valence-electron chi connectivity index (χ3n) is 5.35. The van der Waals surface area contributed by atoms with Crippen LogP contribution in [0.3, 0.4) is 0 Å². The molecule has 1 aliphatic carbocycles. The lowest BCUT2D eigenvalue weighted by Gasteiger charge is -2.22. The molecule has 0 radical (unpaired) electrons. The predicted octanol–water partition coefficient (Wildman–Crippen LogP) is 5.27. The van der Waals surface area contributed by atoms with E-state index >= 15 is 0 Å². The second kappa shape index (κ2) is 7.24. The zero-order valence-corrected chi connectivity index (χ0v) is 16.1. The second-order valence-electron chi connectivity index (χ2n) is 7.26. The van der Waals surface area contributed by atoms with Crippen molar-refractivity contribution in [1.82, 2.24) is 9.88 Å². The van der Waals surface area contributed by atoms with Crippen molar-refractivity contribution in [1.29, 1.82) is 0 Å². The maximum absolute atomic E-state index is 11.8. The number of benzene rings is 1. The Labute approximate surface area is 163 Å². The van der Waals surface area contributed by atoms with Crippen molar-refractivity contribution in [2.24, 2.45) is 5.92 Å². The molecular formula is C22H22N2O2S. The molecule has 2 aromatic rings. The van der Waals surface area contributed by atoms with E-state index in [9.17, 15) is 9.59 Å². The zero-order chi connectivity index (χ0) is 19.0. The Balaban J connectivity index is 1.60. The summed E-state index contributed by atoms with van der Waals surface area (Å²) in [6, 6.07) is 8.16. The molecule has 1 N–H and O–H groups in total. The minimum Gasteiger partial charge on any atom is -0.343 e. The Kier molecular flexibility index (Phi) is 4.79. The molecule has 138 valence electrons. The summed E-state index contributed by atoms with van der Waals surface area (Å²) in [6.07, 6.45) is 9.64. The third-order valence-corrected chi connectivity index (χ3v) is 6.16. The first-order valence-corrected chi connectivity index (χ1v) is 9.99. The van der Waals surface area contributed by atoms with Crippen LogP contribution in [0, 0.1) is 5.92 Å². The fraction of sp³-hybridized carbons (Fsp3) is 0.273. The fourth-order valence-corrected chi connectivity index (χ4v) is 4.44. The van der Waals surface area contributed by atoms with Crippen molar-refractivity contribution in [3.8, 4) is 0 Å². The van der Waals surface area contributed by atoms with Gasteiger partial charge in [-0.15, -0.1) is 0 Å². The smallest absolute Gasteiger partial charge is 0.290 e. The Hall–Kier alpha value is -2.53. The van der Waals surface area contributed by atoms with Crippen LogP contribution in [0.15, 0.2) is 59.2 Å². The zero-order valence-electron chi connectivity index (χ0n) is 15.3. The molecule has 1 aliphatic heterocycles. The van der Waals surface area contributed by atoms with Gasteiger partial charge in [-0.2, -0.15) is 0 Å². The second-order valence-corrected chi connectivity index (χ2v) is 8.27. The number of carbonyl (C=O) groups excluding carboxylic acids is 2. The summed E-state index contributed by atoms with van der Waals surface area (Å²) in [5, 5.41) is 3.08. The average Bonchev–Trinajstić information content (AvgIpc) is 3.19. The molecular weight excluding hydrogens is 356 g/mol. The molecule has 0 saturated carbocycles. The van der Waals surface area contributed by atoms with Gasteiger partial charge in [0.1, 0.15) is 0 Å². The molecule has 4 rings (SSSR count). The van der Waals surface area contributed by atoms with Crippen molar-refractivity contribution in [3.63, 3.8) is 0 Å². The van der Waals surface area contributed by atoms with Crippen LogP contribution >= 0.6 is 11.8 Å². The van der Waals surface area contributed by atoms with E-state index in [1.165, 1.54) is 17.6 Å². The molecule has 1 fully saturated rings. The highest BCUT2D eigenvalue weighted by Gasteiger charge is 2.25. The van der Waals surface area contributed by atoms with Crippen LogP contribution in [-0.2, 0) is 11.3 Å². The molecule has 2 amide bonds. The van der Waals surface area contributed by atoms with E-state index < -0.39 is 0 Å². The van der Waals surface area contributed by atoms with Crippen LogP contribution in [0.25, 0.3) is 17.0 Å².